The SMILES string of the molecule is Cc1[c]c(F)cc(C)c1. The van der Waals surface area contributed by atoms with Crippen LogP contribution in [-0.2, 0) is 0 Å². The first-order valence-corrected chi connectivity index (χ1v) is 2.84. The van der Waals surface area contributed by atoms with Gasteiger partial charge in [-0.15, -0.1) is 0 Å². The highest BCUT2D eigenvalue weighted by Gasteiger charge is 1.91. The van der Waals surface area contributed by atoms with Crippen molar-refractivity contribution in [2.45, 2.75) is 13.8 Å². The van der Waals surface area contributed by atoms with Crippen molar-refractivity contribution in [2.75, 3.05) is 0 Å². The summed E-state index contributed by atoms with van der Waals surface area (Å²) in [7, 11) is 0. The fraction of sp³-hybridized carbons (Fsp3) is 0.250. The Labute approximate surface area is 54.3 Å². The van der Waals surface area contributed by atoms with Crippen LogP contribution in [0.3, 0.4) is 0 Å². The molecule has 0 heterocycles. The number of hydrogen-bond acceptors (Lipinski definition) is 0. The molecule has 0 spiro atoms. The van der Waals surface area contributed by atoms with Crippen LogP contribution < -0.4 is 0 Å². The van der Waals surface area contributed by atoms with Gasteiger partial charge in [-0.25, -0.2) is 4.39 Å². The fourth-order valence-corrected chi connectivity index (χ4v) is 0.844. The molecule has 1 heteroatoms. The standard InChI is InChI=1S/C8H8F/c1-6-3-7(2)5-8(9)4-6/h3-4H,1-2H3. The minimum absolute atomic E-state index is 0.271. The molecular formula is C8H8F. The third kappa shape index (κ3) is 1.53. The van der Waals surface area contributed by atoms with Gasteiger partial charge in [0.1, 0.15) is 5.82 Å². The molecule has 0 aliphatic carbocycles. The van der Waals surface area contributed by atoms with Gasteiger partial charge in [0.15, 0.2) is 0 Å². The molecule has 0 nitrogen and oxygen atoms in total. The molecular weight excluding hydrogens is 115 g/mol. The molecule has 1 aromatic rings. The molecule has 1 rings (SSSR count). The van der Waals surface area contributed by atoms with Gasteiger partial charge in [-0.1, -0.05) is 6.07 Å². The lowest BCUT2D eigenvalue weighted by atomic mass is 10.2. The van der Waals surface area contributed by atoms with E-state index in [1.54, 1.807) is 0 Å². The third-order valence-corrected chi connectivity index (χ3v) is 1.12. The van der Waals surface area contributed by atoms with Gasteiger partial charge in [-0.3, -0.25) is 0 Å². The Hall–Kier alpha value is -0.850. The number of hydrogen-bond donors (Lipinski definition) is 0. The van der Waals surface area contributed by atoms with Crippen molar-refractivity contribution in [3.63, 3.8) is 0 Å². The minimum Gasteiger partial charge on any atom is -0.206 e. The van der Waals surface area contributed by atoms with Crippen LogP contribution in [0, 0.1) is 25.7 Å². The van der Waals surface area contributed by atoms with E-state index < -0.39 is 0 Å². The van der Waals surface area contributed by atoms with Crippen molar-refractivity contribution in [1.29, 1.82) is 0 Å². The second-order valence-electron chi connectivity index (χ2n) is 2.19. The number of halogens is 1. The zero-order chi connectivity index (χ0) is 6.85. The van der Waals surface area contributed by atoms with E-state index in [1.165, 1.54) is 6.07 Å². The summed E-state index contributed by atoms with van der Waals surface area (Å²) in [5, 5.41) is 0. The molecule has 1 radical (unpaired) electrons. The second-order valence-corrected chi connectivity index (χ2v) is 2.19. The maximum atomic E-state index is 12.4. The lowest BCUT2D eigenvalue weighted by Gasteiger charge is -1.93. The predicted molar refractivity (Wildman–Crippen MR) is 34.7 cm³/mol. The van der Waals surface area contributed by atoms with Crippen LogP contribution in [0.25, 0.3) is 0 Å². The minimum atomic E-state index is -0.271. The van der Waals surface area contributed by atoms with Gasteiger partial charge in [0.25, 0.3) is 0 Å². The first kappa shape index (κ1) is 6.27. The monoisotopic (exact) mass is 123 g/mol. The second kappa shape index (κ2) is 2.18. The van der Waals surface area contributed by atoms with Crippen molar-refractivity contribution in [2.24, 2.45) is 0 Å². The lowest BCUT2D eigenvalue weighted by molar-refractivity contribution is 0.623. The summed E-state index contributed by atoms with van der Waals surface area (Å²) in [6.45, 7) is 3.69. The zero-order valence-electron chi connectivity index (χ0n) is 5.53. The molecule has 0 fully saturated rings. The molecule has 0 atom stereocenters. The van der Waals surface area contributed by atoms with Crippen molar-refractivity contribution < 1.29 is 4.39 Å². The van der Waals surface area contributed by atoms with Gasteiger partial charge in [0, 0.05) is 6.07 Å². The van der Waals surface area contributed by atoms with E-state index in [0.29, 0.717) is 0 Å². The summed E-state index contributed by atoms with van der Waals surface area (Å²) in [4.78, 5) is 0. The van der Waals surface area contributed by atoms with Crippen LogP contribution in [-0.4, -0.2) is 0 Å². The molecule has 0 aliphatic heterocycles. The Morgan fingerprint density at radius 2 is 2.00 bits per heavy atom. The van der Waals surface area contributed by atoms with E-state index in [1.807, 2.05) is 19.9 Å². The van der Waals surface area contributed by atoms with Crippen LogP contribution in [0.4, 0.5) is 4.39 Å². The summed E-state index contributed by atoms with van der Waals surface area (Å²) >= 11 is 0. The van der Waals surface area contributed by atoms with Gasteiger partial charge in [-0.2, -0.15) is 0 Å². The van der Waals surface area contributed by atoms with E-state index in [0.717, 1.165) is 11.1 Å². The molecule has 9 heavy (non-hydrogen) atoms. The quantitative estimate of drug-likeness (QED) is 0.496. The molecule has 0 amide bonds. The van der Waals surface area contributed by atoms with Crippen LogP contribution in [0.5, 0.6) is 0 Å². The molecule has 1 aromatic carbocycles. The molecule has 47 valence electrons. The molecule has 0 saturated heterocycles. The van der Waals surface area contributed by atoms with Crippen molar-refractivity contribution in [3.8, 4) is 0 Å². The molecule has 0 aliphatic rings. The number of aryl methyl sites for hydroxylation is 2. The molecule has 0 aromatic heterocycles. The first-order valence-electron chi connectivity index (χ1n) is 2.84. The number of benzene rings is 1. The van der Waals surface area contributed by atoms with Crippen molar-refractivity contribution in [3.05, 3.63) is 35.1 Å². The predicted octanol–water partition coefficient (Wildman–Crippen LogP) is 2.24. The Balaban J connectivity index is 3.17. The van der Waals surface area contributed by atoms with E-state index in [2.05, 4.69) is 6.07 Å². The van der Waals surface area contributed by atoms with Crippen molar-refractivity contribution in [1.82, 2.24) is 0 Å². The zero-order valence-corrected chi connectivity index (χ0v) is 5.53. The summed E-state index contributed by atoms with van der Waals surface area (Å²) in [6, 6.07) is 5.90. The average molecular weight is 123 g/mol. The highest BCUT2D eigenvalue weighted by Crippen LogP contribution is 2.04. The first-order chi connectivity index (χ1) is 4.18. The smallest absolute Gasteiger partial charge is 0.131 e. The molecule has 0 unspecified atom stereocenters. The number of rotatable bonds is 0. The molecule has 0 bridgehead atoms. The van der Waals surface area contributed by atoms with Crippen LogP contribution in [0.2, 0.25) is 0 Å². The highest BCUT2D eigenvalue weighted by molar-refractivity contribution is 5.20. The van der Waals surface area contributed by atoms with Crippen molar-refractivity contribution >= 4 is 0 Å². The summed E-state index contributed by atoms with van der Waals surface area (Å²) in [6.07, 6.45) is 0. The van der Waals surface area contributed by atoms with Gasteiger partial charge in [0.05, 0.1) is 0 Å². The fourth-order valence-electron chi connectivity index (χ4n) is 0.844. The summed E-state index contributed by atoms with van der Waals surface area (Å²) in [5.74, 6) is -0.271. The maximum absolute atomic E-state index is 12.4. The Morgan fingerprint density at radius 1 is 1.33 bits per heavy atom. The van der Waals surface area contributed by atoms with E-state index in [9.17, 15) is 4.39 Å². The van der Waals surface area contributed by atoms with Gasteiger partial charge in [-0.05, 0) is 31.0 Å². The van der Waals surface area contributed by atoms with E-state index >= 15 is 0 Å². The topological polar surface area (TPSA) is 0 Å². The normalized spacial score (nSPS) is 9.67. The van der Waals surface area contributed by atoms with Gasteiger partial charge >= 0.3 is 0 Å². The largest absolute Gasteiger partial charge is 0.206 e. The van der Waals surface area contributed by atoms with Crippen LogP contribution in [0.1, 0.15) is 11.1 Å². The summed E-state index contributed by atoms with van der Waals surface area (Å²) in [5.41, 5.74) is 1.80. The molecule has 0 N–H and O–H groups in total. The Morgan fingerprint density at radius 3 is 2.44 bits per heavy atom. The van der Waals surface area contributed by atoms with Gasteiger partial charge < -0.3 is 0 Å². The average Bonchev–Trinajstić information content (AvgIpc) is 1.59. The van der Waals surface area contributed by atoms with Crippen LogP contribution in [0.15, 0.2) is 12.1 Å². The maximum Gasteiger partial charge on any atom is 0.131 e. The van der Waals surface area contributed by atoms with E-state index in [4.69, 9.17) is 0 Å². The summed E-state index contributed by atoms with van der Waals surface area (Å²) < 4.78 is 12.4. The molecule has 0 saturated carbocycles. The third-order valence-electron chi connectivity index (χ3n) is 1.12. The van der Waals surface area contributed by atoms with Gasteiger partial charge in [0.2, 0.25) is 0 Å². The van der Waals surface area contributed by atoms with E-state index in [-0.39, 0.29) is 5.82 Å². The Bertz CT molecular complexity index is 165. The lowest BCUT2D eigenvalue weighted by Crippen LogP contribution is -1.80. The van der Waals surface area contributed by atoms with Crippen LogP contribution >= 0.6 is 0 Å². The highest BCUT2D eigenvalue weighted by atomic mass is 19.1. The Kier molecular flexibility index (Phi) is 1.52.